The van der Waals surface area contributed by atoms with Crippen molar-refractivity contribution in [2.75, 3.05) is 6.61 Å². The van der Waals surface area contributed by atoms with E-state index in [0.717, 1.165) is 51.4 Å². The third-order valence-corrected chi connectivity index (χ3v) is 9.54. The first-order valence-corrected chi connectivity index (χ1v) is 19.7. The molecule has 1 rings (SSSR count). The highest BCUT2D eigenvalue weighted by Gasteiger charge is 2.70. The molecule has 0 unspecified atom stereocenters. The van der Waals surface area contributed by atoms with Gasteiger partial charge in [-0.15, -0.1) is 0 Å². The van der Waals surface area contributed by atoms with E-state index >= 15 is 0 Å². The van der Waals surface area contributed by atoms with Crippen molar-refractivity contribution in [2.45, 2.75) is 224 Å². The zero-order chi connectivity index (χ0) is 35.5. The van der Waals surface area contributed by atoms with Gasteiger partial charge in [-0.2, -0.15) is 0 Å². The topological polar surface area (TPSA) is 163 Å². The number of unbranched alkanes of at least 4 members (excludes halogenated alkanes) is 24. The fourth-order valence-electron chi connectivity index (χ4n) is 6.35. The molecule has 0 amide bonds. The van der Waals surface area contributed by atoms with Gasteiger partial charge in [0.05, 0.1) is 6.61 Å². The molecule has 5 atom stereocenters. The van der Waals surface area contributed by atoms with Crippen LogP contribution in [0.4, 0.5) is 0 Å². The second-order valence-electron chi connectivity index (χ2n) is 14.0. The summed E-state index contributed by atoms with van der Waals surface area (Å²) in [5, 5.41) is 52.9. The van der Waals surface area contributed by atoms with Crippen LogP contribution >= 0.6 is 0 Å². The van der Waals surface area contributed by atoms with E-state index in [-0.39, 0.29) is 12.8 Å². The molecule has 0 radical (unpaired) electrons. The van der Waals surface area contributed by atoms with Crippen molar-refractivity contribution in [3.05, 3.63) is 0 Å². The maximum absolute atomic E-state index is 12.7. The van der Waals surface area contributed by atoms with Crippen LogP contribution in [0.1, 0.15) is 194 Å². The first-order valence-electron chi connectivity index (χ1n) is 19.7. The lowest BCUT2D eigenvalue weighted by Gasteiger charge is -2.49. The lowest BCUT2D eigenvalue weighted by atomic mass is 9.94. The van der Waals surface area contributed by atoms with Gasteiger partial charge in [0.25, 0.3) is 0 Å². The van der Waals surface area contributed by atoms with Crippen LogP contribution in [0, 0.1) is 0 Å². The van der Waals surface area contributed by atoms with Crippen molar-refractivity contribution in [3.63, 3.8) is 0 Å². The minimum Gasteiger partial charge on any atom is -0.420 e. The highest BCUT2D eigenvalue weighted by atomic mass is 16.9. The van der Waals surface area contributed by atoms with E-state index in [0.29, 0.717) is 12.8 Å². The first-order chi connectivity index (χ1) is 23.1. The average Bonchev–Trinajstić information content (AvgIpc) is 3.06. The Morgan fingerprint density at radius 2 is 0.854 bits per heavy atom. The van der Waals surface area contributed by atoms with Crippen molar-refractivity contribution in [1.82, 2.24) is 0 Å². The number of carbonyl (C=O) groups is 2. The number of carbonyl (C=O) groups excluding carboxylic acids is 2. The van der Waals surface area contributed by atoms with Gasteiger partial charge in [0.15, 0.2) is 6.10 Å². The molecule has 1 saturated heterocycles. The first kappa shape index (κ1) is 44.7. The number of hydrogen-bond acceptors (Lipinski definition) is 10. The summed E-state index contributed by atoms with van der Waals surface area (Å²) in [5.74, 6) is -8.51. The van der Waals surface area contributed by atoms with E-state index in [1.807, 2.05) is 0 Å². The Morgan fingerprint density at radius 3 is 1.19 bits per heavy atom. The Balaban J connectivity index is 2.40. The van der Waals surface area contributed by atoms with E-state index < -0.39 is 48.6 Å². The van der Waals surface area contributed by atoms with E-state index in [2.05, 4.69) is 13.8 Å². The largest absolute Gasteiger partial charge is 0.420 e. The Bertz CT molecular complexity index is 810. The van der Waals surface area contributed by atoms with Gasteiger partial charge in [-0.25, -0.2) is 0 Å². The maximum atomic E-state index is 12.7. The minimum atomic E-state index is -3.32. The predicted molar refractivity (Wildman–Crippen MR) is 187 cm³/mol. The van der Waals surface area contributed by atoms with Gasteiger partial charge in [-0.1, -0.05) is 168 Å². The molecule has 0 aromatic rings. The fourth-order valence-corrected chi connectivity index (χ4v) is 6.35. The van der Waals surface area contributed by atoms with Gasteiger partial charge in [0.2, 0.25) is 0 Å². The number of aliphatic hydroxyl groups is 5. The van der Waals surface area contributed by atoms with Crippen LogP contribution < -0.4 is 0 Å². The molecule has 284 valence electrons. The molecule has 0 saturated carbocycles. The highest BCUT2D eigenvalue weighted by Crippen LogP contribution is 2.39. The molecule has 48 heavy (non-hydrogen) atoms. The van der Waals surface area contributed by atoms with Crippen LogP contribution in [0.3, 0.4) is 0 Å². The van der Waals surface area contributed by atoms with E-state index in [1.165, 1.54) is 103 Å². The standard InChI is InChI=1S/C38H72O10/c1-3-5-7-9-11-13-15-17-19-21-23-25-27-29-33(40)47-37(44)36(43)35(42)32(31-39)46-38(37,45)48-34(41)30-28-26-24-22-20-18-16-14-12-10-8-6-4-2/h32,35-36,39,42-45H,3-31H2,1-2H3/t32-,35+,36+,37-,38+/m1/s1. The molecule has 5 N–H and O–H groups in total. The monoisotopic (exact) mass is 689 g/mol. The van der Waals surface area contributed by atoms with E-state index in [1.54, 1.807) is 0 Å². The average molecular weight is 689 g/mol. The summed E-state index contributed by atoms with van der Waals surface area (Å²) in [6.45, 7) is 3.59. The second kappa shape index (κ2) is 27.4. The van der Waals surface area contributed by atoms with Gasteiger partial charge in [-0.3, -0.25) is 9.59 Å². The third kappa shape index (κ3) is 18.1. The summed E-state index contributed by atoms with van der Waals surface area (Å²) in [6.07, 6.45) is 23.3. The van der Waals surface area contributed by atoms with Crippen LogP contribution in [-0.2, 0) is 23.8 Å². The Kier molecular flexibility index (Phi) is 25.6. The van der Waals surface area contributed by atoms with Crippen molar-refractivity contribution >= 4 is 11.9 Å². The highest BCUT2D eigenvalue weighted by molar-refractivity contribution is 5.71. The van der Waals surface area contributed by atoms with E-state index in [4.69, 9.17) is 14.2 Å². The minimum absolute atomic E-state index is 0.102. The number of esters is 2. The molecule has 1 aliphatic heterocycles. The molecule has 10 nitrogen and oxygen atoms in total. The molecule has 0 aromatic carbocycles. The summed E-state index contributed by atoms with van der Waals surface area (Å²) in [7, 11) is 0. The van der Waals surface area contributed by atoms with Crippen LogP contribution in [0.2, 0.25) is 0 Å². The third-order valence-electron chi connectivity index (χ3n) is 9.54. The molecule has 10 heteroatoms. The number of hydrogen-bond donors (Lipinski definition) is 5. The normalized spacial score (nSPS) is 24.1. The maximum Gasteiger partial charge on any atom is 0.399 e. The molecule has 1 aliphatic rings. The zero-order valence-electron chi connectivity index (χ0n) is 30.5. The Hall–Kier alpha value is -1.30. The van der Waals surface area contributed by atoms with Crippen molar-refractivity contribution in [1.29, 1.82) is 0 Å². The summed E-state index contributed by atoms with van der Waals surface area (Å²) >= 11 is 0. The van der Waals surface area contributed by atoms with Crippen molar-refractivity contribution < 1.29 is 49.3 Å². The smallest absolute Gasteiger partial charge is 0.399 e. The summed E-state index contributed by atoms with van der Waals surface area (Å²) in [6, 6.07) is 0. The summed E-state index contributed by atoms with van der Waals surface area (Å²) in [5.41, 5.74) is 0. The van der Waals surface area contributed by atoms with Crippen molar-refractivity contribution in [2.24, 2.45) is 0 Å². The summed E-state index contributed by atoms with van der Waals surface area (Å²) in [4.78, 5) is 25.3. The SMILES string of the molecule is CCCCCCCCCCCCCCCC(=O)O[C@@]1(O)O[C@H](CO)[C@H](O)[C@H](O)[C@@]1(O)OC(=O)CCCCCCCCCCCCCCC. The zero-order valence-corrected chi connectivity index (χ0v) is 30.5. The Morgan fingerprint density at radius 1 is 0.542 bits per heavy atom. The molecular weight excluding hydrogens is 616 g/mol. The van der Waals surface area contributed by atoms with Gasteiger partial charge >= 0.3 is 23.7 Å². The van der Waals surface area contributed by atoms with Crippen LogP contribution in [0.25, 0.3) is 0 Å². The van der Waals surface area contributed by atoms with Gasteiger partial charge in [0.1, 0.15) is 12.2 Å². The second-order valence-corrected chi connectivity index (χ2v) is 14.0. The van der Waals surface area contributed by atoms with Gasteiger partial charge < -0.3 is 39.7 Å². The lowest BCUT2D eigenvalue weighted by Crippen LogP contribution is -2.75. The molecule has 0 aromatic heterocycles. The lowest BCUT2D eigenvalue weighted by molar-refractivity contribution is -0.511. The van der Waals surface area contributed by atoms with Crippen LogP contribution in [0.5, 0.6) is 0 Å². The molecule has 1 fully saturated rings. The van der Waals surface area contributed by atoms with Crippen molar-refractivity contribution in [3.8, 4) is 0 Å². The van der Waals surface area contributed by atoms with Crippen LogP contribution in [0.15, 0.2) is 0 Å². The Labute approximate surface area is 291 Å². The van der Waals surface area contributed by atoms with Gasteiger partial charge in [0, 0.05) is 12.8 Å². The number of rotatable bonds is 31. The molecule has 1 heterocycles. The molecule has 0 spiro atoms. The molecule has 0 aliphatic carbocycles. The fraction of sp³-hybridized carbons (Fsp3) is 0.947. The van der Waals surface area contributed by atoms with Gasteiger partial charge in [-0.05, 0) is 12.8 Å². The molecule has 0 bridgehead atoms. The molecular formula is C38H72O10. The van der Waals surface area contributed by atoms with E-state index in [9.17, 15) is 35.1 Å². The number of aliphatic hydroxyl groups excluding tert-OH is 3. The number of ether oxygens (including phenoxy) is 3. The predicted octanol–water partition coefficient (Wildman–Crippen LogP) is 7.48. The summed E-state index contributed by atoms with van der Waals surface area (Å²) < 4.78 is 15.3. The van der Waals surface area contributed by atoms with Crippen LogP contribution in [-0.4, -0.2) is 74.2 Å². The quantitative estimate of drug-likeness (QED) is 0.0280.